The van der Waals surface area contributed by atoms with Crippen molar-refractivity contribution >= 4 is 11.3 Å². The number of hydrogen-bond donors (Lipinski definition) is 1. The van der Waals surface area contributed by atoms with Crippen molar-refractivity contribution in [1.82, 2.24) is 14.9 Å². The van der Waals surface area contributed by atoms with Gasteiger partial charge in [0.25, 0.3) is 0 Å². The molecule has 3 rings (SSSR count). The molecule has 1 aliphatic carbocycles. The zero-order valence-electron chi connectivity index (χ0n) is 9.80. The highest BCUT2D eigenvalue weighted by atomic mass is 32.1. The van der Waals surface area contributed by atoms with Gasteiger partial charge < -0.3 is 9.88 Å². The van der Waals surface area contributed by atoms with Crippen LogP contribution in [0.3, 0.4) is 0 Å². The monoisotopic (exact) mass is 247 g/mol. The van der Waals surface area contributed by atoms with E-state index in [-0.39, 0.29) is 0 Å². The molecule has 3 nitrogen and oxygen atoms in total. The number of rotatable bonds is 6. The van der Waals surface area contributed by atoms with Crippen LogP contribution in [0.1, 0.15) is 23.5 Å². The summed E-state index contributed by atoms with van der Waals surface area (Å²) in [4.78, 5) is 5.86. The van der Waals surface area contributed by atoms with Gasteiger partial charge in [-0.3, -0.25) is 0 Å². The van der Waals surface area contributed by atoms with E-state index in [9.17, 15) is 0 Å². The Bertz CT molecular complexity index is 457. The molecule has 90 valence electrons. The first-order valence-corrected chi connectivity index (χ1v) is 7.05. The SMILES string of the molecule is c1csc(CCn2ccnc2CNC2CC2)c1. The highest BCUT2D eigenvalue weighted by Crippen LogP contribution is 2.19. The van der Waals surface area contributed by atoms with Gasteiger partial charge in [0, 0.05) is 29.9 Å². The first-order chi connectivity index (χ1) is 8.42. The molecule has 0 unspecified atom stereocenters. The quantitative estimate of drug-likeness (QED) is 0.849. The molecule has 0 radical (unpaired) electrons. The number of thiophene rings is 1. The number of aryl methyl sites for hydroxylation is 2. The van der Waals surface area contributed by atoms with Crippen molar-refractivity contribution in [2.45, 2.75) is 38.4 Å². The minimum absolute atomic E-state index is 0.748. The highest BCUT2D eigenvalue weighted by molar-refractivity contribution is 7.09. The molecule has 0 spiro atoms. The van der Waals surface area contributed by atoms with Crippen molar-refractivity contribution in [2.24, 2.45) is 0 Å². The van der Waals surface area contributed by atoms with Crippen LogP contribution in [0, 0.1) is 0 Å². The average molecular weight is 247 g/mol. The van der Waals surface area contributed by atoms with Crippen LogP contribution >= 0.6 is 11.3 Å². The Labute approximate surface area is 106 Å². The molecule has 1 fully saturated rings. The Morgan fingerprint density at radius 3 is 3.18 bits per heavy atom. The van der Waals surface area contributed by atoms with E-state index in [1.807, 2.05) is 17.5 Å². The van der Waals surface area contributed by atoms with Crippen molar-refractivity contribution in [3.05, 3.63) is 40.6 Å². The summed E-state index contributed by atoms with van der Waals surface area (Å²) in [5.74, 6) is 1.16. The van der Waals surface area contributed by atoms with Gasteiger partial charge in [0.2, 0.25) is 0 Å². The van der Waals surface area contributed by atoms with Gasteiger partial charge in [-0.25, -0.2) is 4.98 Å². The Kier molecular flexibility index (Phi) is 3.25. The van der Waals surface area contributed by atoms with Crippen molar-refractivity contribution in [3.63, 3.8) is 0 Å². The molecule has 0 amide bonds. The lowest BCUT2D eigenvalue weighted by Gasteiger charge is -2.07. The maximum Gasteiger partial charge on any atom is 0.122 e. The summed E-state index contributed by atoms with van der Waals surface area (Å²) in [5, 5.41) is 5.65. The largest absolute Gasteiger partial charge is 0.334 e. The van der Waals surface area contributed by atoms with Crippen LogP contribution in [0.4, 0.5) is 0 Å². The molecule has 2 heterocycles. The van der Waals surface area contributed by atoms with Crippen LogP contribution in [-0.4, -0.2) is 15.6 Å². The van der Waals surface area contributed by atoms with Gasteiger partial charge in [0.1, 0.15) is 5.82 Å². The van der Waals surface area contributed by atoms with Gasteiger partial charge in [0.15, 0.2) is 0 Å². The van der Waals surface area contributed by atoms with Crippen LogP contribution in [0.2, 0.25) is 0 Å². The van der Waals surface area contributed by atoms with Crippen LogP contribution in [0.15, 0.2) is 29.9 Å². The molecule has 4 heteroatoms. The van der Waals surface area contributed by atoms with E-state index in [4.69, 9.17) is 0 Å². The molecule has 17 heavy (non-hydrogen) atoms. The van der Waals surface area contributed by atoms with E-state index < -0.39 is 0 Å². The van der Waals surface area contributed by atoms with Crippen molar-refractivity contribution in [3.8, 4) is 0 Å². The van der Waals surface area contributed by atoms with Crippen LogP contribution < -0.4 is 5.32 Å². The van der Waals surface area contributed by atoms with E-state index in [1.54, 1.807) is 0 Å². The van der Waals surface area contributed by atoms with Crippen molar-refractivity contribution in [1.29, 1.82) is 0 Å². The second-order valence-electron chi connectivity index (χ2n) is 4.52. The third-order valence-electron chi connectivity index (χ3n) is 3.11. The first kappa shape index (κ1) is 11.0. The Morgan fingerprint density at radius 1 is 1.47 bits per heavy atom. The average Bonchev–Trinajstić information content (AvgIpc) is 2.86. The summed E-state index contributed by atoms with van der Waals surface area (Å²) in [7, 11) is 0. The van der Waals surface area contributed by atoms with Gasteiger partial charge >= 0.3 is 0 Å². The Balaban J connectivity index is 1.56. The maximum absolute atomic E-state index is 4.42. The molecular weight excluding hydrogens is 230 g/mol. The van der Waals surface area contributed by atoms with Crippen molar-refractivity contribution < 1.29 is 0 Å². The van der Waals surface area contributed by atoms with E-state index in [1.165, 1.54) is 17.7 Å². The molecule has 0 atom stereocenters. The molecule has 0 aromatic carbocycles. The van der Waals surface area contributed by atoms with Gasteiger partial charge in [-0.1, -0.05) is 6.07 Å². The molecule has 1 N–H and O–H groups in total. The van der Waals surface area contributed by atoms with Gasteiger partial charge in [0.05, 0.1) is 6.54 Å². The number of nitrogens with one attached hydrogen (secondary N) is 1. The smallest absolute Gasteiger partial charge is 0.122 e. The maximum atomic E-state index is 4.42. The fraction of sp³-hybridized carbons (Fsp3) is 0.462. The summed E-state index contributed by atoms with van der Waals surface area (Å²) in [6, 6.07) is 5.06. The van der Waals surface area contributed by atoms with E-state index in [0.29, 0.717) is 0 Å². The lowest BCUT2D eigenvalue weighted by Crippen LogP contribution is -2.19. The zero-order valence-corrected chi connectivity index (χ0v) is 10.6. The number of aromatic nitrogens is 2. The second kappa shape index (κ2) is 5.02. The topological polar surface area (TPSA) is 29.9 Å². The zero-order chi connectivity index (χ0) is 11.5. The number of hydrogen-bond acceptors (Lipinski definition) is 3. The summed E-state index contributed by atoms with van der Waals surface area (Å²) in [6.07, 6.45) is 7.74. The third-order valence-corrected chi connectivity index (χ3v) is 4.04. The highest BCUT2D eigenvalue weighted by Gasteiger charge is 2.20. The molecule has 1 saturated carbocycles. The fourth-order valence-corrected chi connectivity index (χ4v) is 2.62. The van der Waals surface area contributed by atoms with E-state index >= 15 is 0 Å². The second-order valence-corrected chi connectivity index (χ2v) is 5.55. The predicted molar refractivity (Wildman–Crippen MR) is 70.1 cm³/mol. The molecule has 0 bridgehead atoms. The first-order valence-electron chi connectivity index (χ1n) is 6.17. The molecular formula is C13H17N3S. The minimum Gasteiger partial charge on any atom is -0.334 e. The normalized spacial score (nSPS) is 15.3. The van der Waals surface area contributed by atoms with Crippen LogP contribution in [-0.2, 0) is 19.5 Å². The molecule has 0 aliphatic heterocycles. The Morgan fingerprint density at radius 2 is 2.41 bits per heavy atom. The lowest BCUT2D eigenvalue weighted by atomic mass is 10.3. The van der Waals surface area contributed by atoms with E-state index in [0.717, 1.165) is 31.4 Å². The summed E-state index contributed by atoms with van der Waals surface area (Å²) < 4.78 is 2.26. The summed E-state index contributed by atoms with van der Waals surface area (Å²) >= 11 is 1.83. The molecule has 0 saturated heterocycles. The lowest BCUT2D eigenvalue weighted by molar-refractivity contribution is 0.594. The van der Waals surface area contributed by atoms with Crippen molar-refractivity contribution in [2.75, 3.05) is 0 Å². The molecule has 2 aromatic heterocycles. The number of imidazole rings is 1. The molecule has 1 aliphatic rings. The van der Waals surface area contributed by atoms with Crippen LogP contribution in [0.25, 0.3) is 0 Å². The number of nitrogens with zero attached hydrogens (tertiary/aromatic N) is 2. The van der Waals surface area contributed by atoms with Gasteiger partial charge in [-0.05, 0) is 30.7 Å². The fourth-order valence-electron chi connectivity index (χ4n) is 1.92. The third kappa shape index (κ3) is 2.96. The van der Waals surface area contributed by atoms with Gasteiger partial charge in [-0.2, -0.15) is 0 Å². The standard InChI is InChI=1S/C13H17N3S/c1-2-12(17-9-1)5-7-16-8-6-14-13(16)10-15-11-3-4-11/h1-2,6,8-9,11,15H,3-5,7,10H2. The summed E-state index contributed by atoms with van der Waals surface area (Å²) in [5.41, 5.74) is 0. The predicted octanol–water partition coefficient (Wildman–Crippen LogP) is 2.44. The van der Waals surface area contributed by atoms with Gasteiger partial charge in [-0.15, -0.1) is 11.3 Å². The summed E-state index contributed by atoms with van der Waals surface area (Å²) in [6.45, 7) is 1.93. The molecule has 2 aromatic rings. The minimum atomic E-state index is 0.748. The van der Waals surface area contributed by atoms with Crippen LogP contribution in [0.5, 0.6) is 0 Å². The van der Waals surface area contributed by atoms with E-state index in [2.05, 4.69) is 38.6 Å². The Hall–Kier alpha value is -1.13.